The maximum atomic E-state index is 15.2. The topological polar surface area (TPSA) is 116 Å². The summed E-state index contributed by atoms with van der Waals surface area (Å²) in [4.78, 5) is 59.8. The standard InChI is InChI=1S/C42H37N3O6/c1-4-25-12-17-29(18-13-25)44-38(47)31-20-19-30-32(36(31)40(44)49)23-33-39(48)45(43-28-15-10-24(2)11-16-28)41(50)42(33,27-8-6-5-7-9-27)37(30)26-14-21-35(51-3)34(46)22-26/h4-19,21-22,31-33,36-37,43,46H,1,20,23H2,2-3H3. The fourth-order valence-electron chi connectivity index (χ4n) is 9.02. The van der Waals surface area contributed by atoms with Crippen LogP contribution < -0.4 is 15.1 Å². The van der Waals surface area contributed by atoms with E-state index in [-0.39, 0.29) is 29.7 Å². The molecule has 0 bridgehead atoms. The summed E-state index contributed by atoms with van der Waals surface area (Å²) in [5, 5.41) is 12.2. The second-order valence-corrected chi connectivity index (χ2v) is 13.8. The summed E-state index contributed by atoms with van der Waals surface area (Å²) < 4.78 is 5.37. The van der Waals surface area contributed by atoms with Crippen LogP contribution in [0.5, 0.6) is 11.5 Å². The molecule has 3 fully saturated rings. The minimum absolute atomic E-state index is 0.112. The second-order valence-electron chi connectivity index (χ2n) is 13.8. The van der Waals surface area contributed by atoms with E-state index < -0.39 is 46.8 Å². The predicted octanol–water partition coefficient (Wildman–Crippen LogP) is 6.54. The summed E-state index contributed by atoms with van der Waals surface area (Å²) in [6.07, 6.45) is 4.17. The number of nitrogens with zero attached hydrogens (tertiary/aromatic N) is 2. The lowest BCUT2D eigenvalue weighted by Crippen LogP contribution is -2.53. The molecule has 256 valence electrons. The third kappa shape index (κ3) is 4.75. The highest BCUT2D eigenvalue weighted by Gasteiger charge is 2.70. The minimum Gasteiger partial charge on any atom is -0.504 e. The van der Waals surface area contributed by atoms with E-state index in [9.17, 15) is 19.5 Å². The van der Waals surface area contributed by atoms with Crippen molar-refractivity contribution in [3.05, 3.63) is 138 Å². The Hall–Kier alpha value is -5.96. The number of benzene rings is 4. The number of rotatable bonds is 7. The molecule has 6 atom stereocenters. The molecular formula is C42H37N3O6. The summed E-state index contributed by atoms with van der Waals surface area (Å²) in [6.45, 7) is 5.76. The molecule has 4 aliphatic rings. The number of amides is 4. The van der Waals surface area contributed by atoms with Gasteiger partial charge in [-0.3, -0.25) is 29.5 Å². The number of fused-ring (bicyclic) bond motifs is 4. The molecule has 2 heterocycles. The zero-order valence-electron chi connectivity index (χ0n) is 28.3. The number of hydrazine groups is 1. The molecule has 4 aromatic rings. The monoisotopic (exact) mass is 679 g/mol. The average Bonchev–Trinajstić information content (AvgIpc) is 3.53. The fourth-order valence-corrected chi connectivity index (χ4v) is 9.02. The number of anilines is 2. The summed E-state index contributed by atoms with van der Waals surface area (Å²) >= 11 is 0. The number of phenolic OH excluding ortho intramolecular Hbond substituents is 1. The Kier molecular flexibility index (Phi) is 7.67. The third-order valence-corrected chi connectivity index (χ3v) is 11.3. The summed E-state index contributed by atoms with van der Waals surface area (Å²) in [6, 6.07) is 28.9. The number of methoxy groups -OCH3 is 1. The van der Waals surface area contributed by atoms with Crippen LogP contribution in [0.25, 0.3) is 6.08 Å². The van der Waals surface area contributed by atoms with Crippen LogP contribution in [0.3, 0.4) is 0 Å². The van der Waals surface area contributed by atoms with E-state index in [0.29, 0.717) is 28.9 Å². The Morgan fingerprint density at radius 2 is 1.61 bits per heavy atom. The molecular weight excluding hydrogens is 642 g/mol. The lowest BCUT2D eigenvalue weighted by molar-refractivity contribution is -0.138. The van der Waals surface area contributed by atoms with Crippen molar-refractivity contribution in [1.29, 1.82) is 0 Å². The first-order valence-corrected chi connectivity index (χ1v) is 17.1. The molecule has 2 N–H and O–H groups in total. The molecule has 4 aromatic carbocycles. The first-order chi connectivity index (χ1) is 24.7. The SMILES string of the molecule is C=Cc1ccc(N2C(=O)C3CC=C4C(CC5C(=O)N(Nc6ccc(C)cc6)C(=O)C5(c5ccccc5)C4c4ccc(OC)c(O)c4)C3C2=O)cc1. The zero-order chi connectivity index (χ0) is 35.6. The van der Waals surface area contributed by atoms with Crippen molar-refractivity contribution in [2.24, 2.45) is 23.7 Å². The number of nitrogens with one attached hydrogen (secondary N) is 1. The van der Waals surface area contributed by atoms with Crippen molar-refractivity contribution in [3.8, 4) is 11.5 Å². The van der Waals surface area contributed by atoms with Gasteiger partial charge in [0.25, 0.3) is 11.8 Å². The van der Waals surface area contributed by atoms with E-state index in [4.69, 9.17) is 4.74 Å². The predicted molar refractivity (Wildman–Crippen MR) is 192 cm³/mol. The Morgan fingerprint density at radius 1 is 0.882 bits per heavy atom. The number of hydrogen-bond donors (Lipinski definition) is 2. The van der Waals surface area contributed by atoms with Crippen LogP contribution in [0, 0.1) is 30.6 Å². The number of carbonyl (C=O) groups excluding carboxylic acids is 4. The zero-order valence-corrected chi connectivity index (χ0v) is 28.3. The molecule has 4 amide bonds. The highest BCUT2D eigenvalue weighted by atomic mass is 16.5. The van der Waals surface area contributed by atoms with Gasteiger partial charge in [0.15, 0.2) is 11.5 Å². The quantitative estimate of drug-likeness (QED) is 0.168. The minimum atomic E-state index is -1.43. The van der Waals surface area contributed by atoms with Crippen molar-refractivity contribution in [2.75, 3.05) is 17.4 Å². The first-order valence-electron chi connectivity index (χ1n) is 17.1. The summed E-state index contributed by atoms with van der Waals surface area (Å²) in [5.74, 6) is -4.82. The Morgan fingerprint density at radius 3 is 2.27 bits per heavy atom. The molecule has 2 saturated heterocycles. The molecule has 8 rings (SSSR count). The van der Waals surface area contributed by atoms with Gasteiger partial charge in [0.1, 0.15) is 0 Å². The fraction of sp³-hybridized carbons (Fsp3) is 0.238. The molecule has 9 nitrogen and oxygen atoms in total. The van der Waals surface area contributed by atoms with Gasteiger partial charge in [-0.05, 0) is 78.8 Å². The average molecular weight is 680 g/mol. The molecule has 0 spiro atoms. The molecule has 1 saturated carbocycles. The smallest absolute Gasteiger partial charge is 0.260 e. The van der Waals surface area contributed by atoms with Gasteiger partial charge in [-0.15, -0.1) is 0 Å². The number of aryl methyl sites for hydroxylation is 1. The number of carbonyl (C=O) groups is 4. The van der Waals surface area contributed by atoms with E-state index in [1.54, 1.807) is 30.3 Å². The number of imide groups is 2. The molecule has 2 aliphatic carbocycles. The van der Waals surface area contributed by atoms with Gasteiger partial charge in [0.2, 0.25) is 11.8 Å². The van der Waals surface area contributed by atoms with E-state index in [1.807, 2.05) is 85.8 Å². The molecule has 0 aromatic heterocycles. The van der Waals surface area contributed by atoms with Gasteiger partial charge in [-0.25, -0.2) is 0 Å². The van der Waals surface area contributed by atoms with Gasteiger partial charge in [-0.2, -0.15) is 5.01 Å². The number of allylic oxidation sites excluding steroid dienone is 2. The molecule has 6 unspecified atom stereocenters. The van der Waals surface area contributed by atoms with Gasteiger partial charge in [0.05, 0.1) is 41.7 Å². The molecule has 9 heteroatoms. The van der Waals surface area contributed by atoms with Gasteiger partial charge < -0.3 is 9.84 Å². The Balaban J connectivity index is 1.31. The maximum Gasteiger partial charge on any atom is 0.260 e. The van der Waals surface area contributed by atoms with Crippen molar-refractivity contribution < 1.29 is 29.0 Å². The van der Waals surface area contributed by atoms with E-state index in [1.165, 1.54) is 12.0 Å². The van der Waals surface area contributed by atoms with Crippen LogP contribution in [0.15, 0.2) is 115 Å². The third-order valence-electron chi connectivity index (χ3n) is 11.3. The van der Waals surface area contributed by atoms with Gasteiger partial charge >= 0.3 is 0 Å². The summed E-state index contributed by atoms with van der Waals surface area (Å²) in [7, 11) is 1.46. The largest absolute Gasteiger partial charge is 0.504 e. The van der Waals surface area contributed by atoms with Crippen LogP contribution in [0.1, 0.15) is 41.0 Å². The second kappa shape index (κ2) is 12.1. The van der Waals surface area contributed by atoms with Crippen LogP contribution in [0.4, 0.5) is 11.4 Å². The lowest BCUT2D eigenvalue weighted by atomic mass is 9.49. The highest BCUT2D eigenvalue weighted by molar-refractivity contribution is 6.22. The molecule has 51 heavy (non-hydrogen) atoms. The number of aromatic hydroxyl groups is 1. The Bertz CT molecular complexity index is 2130. The highest BCUT2D eigenvalue weighted by Crippen LogP contribution is 2.64. The molecule has 0 radical (unpaired) electrons. The summed E-state index contributed by atoms with van der Waals surface area (Å²) in [5.41, 5.74) is 6.70. The van der Waals surface area contributed by atoms with Gasteiger partial charge in [0, 0.05) is 5.92 Å². The van der Waals surface area contributed by atoms with Crippen LogP contribution >= 0.6 is 0 Å². The molecule has 2 aliphatic heterocycles. The normalized spacial score (nSPS) is 26.7. The Labute approximate surface area is 295 Å². The number of hydrogen-bond acceptors (Lipinski definition) is 7. The van der Waals surface area contributed by atoms with E-state index >= 15 is 4.79 Å². The number of phenols is 1. The van der Waals surface area contributed by atoms with Crippen LogP contribution in [0.2, 0.25) is 0 Å². The van der Waals surface area contributed by atoms with Crippen molar-refractivity contribution in [3.63, 3.8) is 0 Å². The van der Waals surface area contributed by atoms with Gasteiger partial charge in [-0.1, -0.05) is 90.5 Å². The van der Waals surface area contributed by atoms with Crippen molar-refractivity contribution in [2.45, 2.75) is 31.1 Å². The van der Waals surface area contributed by atoms with E-state index in [2.05, 4.69) is 12.0 Å². The van der Waals surface area contributed by atoms with Crippen molar-refractivity contribution in [1.82, 2.24) is 5.01 Å². The lowest BCUT2D eigenvalue weighted by Gasteiger charge is -2.50. The van der Waals surface area contributed by atoms with Crippen LogP contribution in [-0.4, -0.2) is 40.9 Å². The van der Waals surface area contributed by atoms with Crippen molar-refractivity contribution >= 4 is 41.1 Å². The first kappa shape index (κ1) is 32.3. The maximum absolute atomic E-state index is 15.2. The van der Waals surface area contributed by atoms with E-state index in [0.717, 1.165) is 21.7 Å². The number of ether oxygens (including phenoxy) is 1. The van der Waals surface area contributed by atoms with Crippen LogP contribution in [-0.2, 0) is 24.6 Å².